The van der Waals surface area contributed by atoms with Gasteiger partial charge in [-0.15, -0.1) is 0 Å². The molecule has 9 rings (SSSR count). The van der Waals surface area contributed by atoms with Crippen LogP contribution in [0.25, 0.3) is 32.9 Å². The van der Waals surface area contributed by atoms with Gasteiger partial charge in [0.25, 0.3) is 11.8 Å². The third kappa shape index (κ3) is 6.91. The van der Waals surface area contributed by atoms with Gasteiger partial charge in [0.2, 0.25) is 11.8 Å². The maximum atomic E-state index is 13.1. The molecule has 2 aromatic carbocycles. The minimum atomic E-state index is -0.973. The standard InChI is InChI=1S/C44H47N7O5/c1-48-37-10-17-45-27-36(37)33-5-2-30(24-39(33)48)31-3-8-40(46-26-31)50-21-14-28(15-22-50)11-18-49-19-12-29(13-20-49)16-23-56-32-4-6-34-35(25-32)44(55)51(43(34)54)38-7-9-41(52)47-42(38)53/h2-6,8,10,17,24-29,38H,7,9,11-16,18-23H2,1H3,(H,47,52,53). The maximum absolute atomic E-state index is 13.1. The number of piperidine rings is 3. The number of fused-ring (bicyclic) bond motifs is 4. The van der Waals surface area contributed by atoms with Gasteiger partial charge >= 0.3 is 0 Å². The Morgan fingerprint density at radius 3 is 2.30 bits per heavy atom. The van der Waals surface area contributed by atoms with Gasteiger partial charge in [0.15, 0.2) is 0 Å². The topological polar surface area (TPSA) is 130 Å². The van der Waals surface area contributed by atoms with Gasteiger partial charge in [0.05, 0.1) is 23.3 Å². The monoisotopic (exact) mass is 753 g/mol. The normalized spacial score (nSPS) is 20.0. The zero-order valence-electron chi connectivity index (χ0n) is 31.8. The van der Waals surface area contributed by atoms with Crippen molar-refractivity contribution in [2.75, 3.05) is 44.2 Å². The Balaban J connectivity index is 0.692. The van der Waals surface area contributed by atoms with Crippen LogP contribution in [-0.2, 0) is 16.6 Å². The number of benzene rings is 2. The third-order valence-corrected chi connectivity index (χ3v) is 12.6. The number of carbonyl (C=O) groups excluding carboxylic acids is 4. The molecule has 288 valence electrons. The number of ether oxygens (including phenoxy) is 1. The average molecular weight is 754 g/mol. The molecular formula is C44H47N7O5. The molecule has 12 nitrogen and oxygen atoms in total. The number of rotatable bonds is 10. The summed E-state index contributed by atoms with van der Waals surface area (Å²) in [5.41, 5.74) is 5.19. The van der Waals surface area contributed by atoms with Crippen LogP contribution in [0.1, 0.15) is 72.1 Å². The summed E-state index contributed by atoms with van der Waals surface area (Å²) in [5.74, 6) is 0.908. The lowest BCUT2D eigenvalue weighted by atomic mass is 9.91. The quantitative estimate of drug-likeness (QED) is 0.171. The Kier molecular flexibility index (Phi) is 9.74. The largest absolute Gasteiger partial charge is 0.494 e. The molecule has 3 saturated heterocycles. The number of nitrogens with one attached hydrogen (secondary N) is 1. The van der Waals surface area contributed by atoms with Crippen LogP contribution in [0.15, 0.2) is 73.2 Å². The van der Waals surface area contributed by atoms with Gasteiger partial charge in [0.1, 0.15) is 17.6 Å². The molecule has 4 aliphatic rings. The molecule has 1 atom stereocenters. The number of aryl methyl sites for hydroxylation is 1. The SMILES string of the molecule is Cn1c2ccncc2c2ccc(-c3ccc(N4CCC(CCN5CCC(CCOc6ccc7c(c6)C(=O)N(C6CCC(=O)NC6=O)C7=O)CC5)CC4)nc3)cc21. The van der Waals surface area contributed by atoms with E-state index in [1.165, 1.54) is 46.6 Å². The molecule has 0 spiro atoms. The second kappa shape index (κ2) is 15.1. The summed E-state index contributed by atoms with van der Waals surface area (Å²) >= 11 is 0. The van der Waals surface area contributed by atoms with Crippen LogP contribution in [0.5, 0.6) is 5.75 Å². The Morgan fingerprint density at radius 1 is 0.750 bits per heavy atom. The minimum absolute atomic E-state index is 0.0943. The maximum Gasteiger partial charge on any atom is 0.262 e. The molecule has 3 aromatic heterocycles. The first kappa shape index (κ1) is 36.0. The van der Waals surface area contributed by atoms with Gasteiger partial charge < -0.3 is 19.1 Å². The summed E-state index contributed by atoms with van der Waals surface area (Å²) in [7, 11) is 2.11. The Labute approximate surface area is 325 Å². The molecule has 1 N–H and O–H groups in total. The van der Waals surface area contributed by atoms with Crippen molar-refractivity contribution in [3.05, 3.63) is 84.3 Å². The first-order valence-electron chi connectivity index (χ1n) is 20.0. The third-order valence-electron chi connectivity index (χ3n) is 12.6. The average Bonchev–Trinajstić information content (AvgIpc) is 3.65. The molecule has 4 aliphatic heterocycles. The first-order chi connectivity index (χ1) is 27.3. The van der Waals surface area contributed by atoms with Gasteiger partial charge in [0, 0.05) is 67.0 Å². The van der Waals surface area contributed by atoms with E-state index in [0.29, 0.717) is 18.3 Å². The summed E-state index contributed by atoms with van der Waals surface area (Å²) in [6.07, 6.45) is 12.9. The van der Waals surface area contributed by atoms with E-state index >= 15 is 0 Å². The van der Waals surface area contributed by atoms with Crippen molar-refractivity contribution in [3.63, 3.8) is 0 Å². The van der Waals surface area contributed by atoms with E-state index in [-0.39, 0.29) is 24.0 Å². The number of likely N-dealkylation sites (tertiary alicyclic amines) is 1. The van der Waals surface area contributed by atoms with Crippen LogP contribution in [0.3, 0.4) is 0 Å². The molecule has 1 unspecified atom stereocenters. The van der Waals surface area contributed by atoms with Crippen LogP contribution < -0.4 is 15.0 Å². The summed E-state index contributed by atoms with van der Waals surface area (Å²) < 4.78 is 8.29. The molecule has 0 saturated carbocycles. The van der Waals surface area contributed by atoms with Crippen LogP contribution in [0.4, 0.5) is 5.82 Å². The van der Waals surface area contributed by atoms with Crippen molar-refractivity contribution >= 4 is 51.3 Å². The van der Waals surface area contributed by atoms with Crippen LogP contribution in [0, 0.1) is 11.8 Å². The lowest BCUT2D eigenvalue weighted by Gasteiger charge is -2.35. The molecular weight excluding hydrogens is 707 g/mol. The van der Waals surface area contributed by atoms with Crippen molar-refractivity contribution in [3.8, 4) is 16.9 Å². The highest BCUT2D eigenvalue weighted by molar-refractivity contribution is 6.23. The predicted molar refractivity (Wildman–Crippen MR) is 213 cm³/mol. The fourth-order valence-electron chi connectivity index (χ4n) is 9.18. The Bertz CT molecular complexity index is 2320. The molecule has 56 heavy (non-hydrogen) atoms. The number of imide groups is 2. The number of hydrogen-bond donors (Lipinski definition) is 1. The number of hydrogen-bond acceptors (Lipinski definition) is 9. The van der Waals surface area contributed by atoms with Crippen LogP contribution >= 0.6 is 0 Å². The Morgan fingerprint density at radius 2 is 1.52 bits per heavy atom. The van der Waals surface area contributed by atoms with E-state index in [1.807, 2.05) is 18.6 Å². The summed E-state index contributed by atoms with van der Waals surface area (Å²) in [4.78, 5) is 65.3. The number of anilines is 1. The number of carbonyl (C=O) groups is 4. The van der Waals surface area contributed by atoms with Gasteiger partial charge in [-0.05, 0) is 124 Å². The molecule has 4 amide bonds. The van der Waals surface area contributed by atoms with Gasteiger partial charge in [-0.3, -0.25) is 34.4 Å². The highest BCUT2D eigenvalue weighted by Crippen LogP contribution is 2.34. The van der Waals surface area contributed by atoms with E-state index in [0.717, 1.165) is 74.2 Å². The van der Waals surface area contributed by atoms with Crippen molar-refractivity contribution in [2.45, 2.75) is 57.4 Å². The number of aromatic nitrogens is 3. The molecule has 0 bridgehead atoms. The lowest BCUT2D eigenvalue weighted by Crippen LogP contribution is -2.54. The minimum Gasteiger partial charge on any atom is -0.494 e. The molecule has 0 aliphatic carbocycles. The van der Waals surface area contributed by atoms with Crippen LogP contribution in [-0.4, -0.2) is 93.3 Å². The van der Waals surface area contributed by atoms with E-state index < -0.39 is 29.7 Å². The molecule has 0 radical (unpaired) electrons. The number of pyridine rings is 2. The van der Waals surface area contributed by atoms with Gasteiger partial charge in [-0.1, -0.05) is 12.1 Å². The molecule has 3 fully saturated rings. The van der Waals surface area contributed by atoms with Crippen molar-refractivity contribution in [1.29, 1.82) is 0 Å². The highest BCUT2D eigenvalue weighted by atomic mass is 16.5. The zero-order chi connectivity index (χ0) is 38.3. The fraction of sp³-hybridized carbons (Fsp3) is 0.409. The lowest BCUT2D eigenvalue weighted by molar-refractivity contribution is -0.136. The predicted octanol–water partition coefficient (Wildman–Crippen LogP) is 5.98. The van der Waals surface area contributed by atoms with Crippen molar-refractivity contribution in [1.82, 2.24) is 29.7 Å². The van der Waals surface area contributed by atoms with Crippen molar-refractivity contribution < 1.29 is 23.9 Å². The number of nitrogens with zero attached hydrogens (tertiary/aromatic N) is 6. The molecule has 12 heteroatoms. The zero-order valence-corrected chi connectivity index (χ0v) is 31.8. The van der Waals surface area contributed by atoms with Crippen molar-refractivity contribution in [2.24, 2.45) is 18.9 Å². The second-order valence-electron chi connectivity index (χ2n) is 15.9. The van der Waals surface area contributed by atoms with E-state index in [4.69, 9.17) is 9.72 Å². The summed E-state index contributed by atoms with van der Waals surface area (Å²) in [6.45, 7) is 5.99. The Hall–Kier alpha value is -5.62. The fourth-order valence-corrected chi connectivity index (χ4v) is 9.18. The van der Waals surface area contributed by atoms with E-state index in [1.54, 1.807) is 18.2 Å². The van der Waals surface area contributed by atoms with Gasteiger partial charge in [-0.2, -0.15) is 0 Å². The molecule has 7 heterocycles. The second-order valence-corrected chi connectivity index (χ2v) is 15.9. The van der Waals surface area contributed by atoms with E-state index in [2.05, 4.69) is 68.1 Å². The molecule has 5 aromatic rings. The summed E-state index contributed by atoms with van der Waals surface area (Å²) in [5, 5.41) is 4.63. The smallest absolute Gasteiger partial charge is 0.262 e. The van der Waals surface area contributed by atoms with Crippen LogP contribution in [0.2, 0.25) is 0 Å². The number of amides is 4. The summed E-state index contributed by atoms with van der Waals surface area (Å²) in [6, 6.07) is 17.0. The highest BCUT2D eigenvalue weighted by Gasteiger charge is 2.44. The van der Waals surface area contributed by atoms with E-state index in [9.17, 15) is 19.2 Å². The van der Waals surface area contributed by atoms with Gasteiger partial charge in [-0.25, -0.2) is 4.98 Å². The first-order valence-corrected chi connectivity index (χ1v) is 20.0.